The summed E-state index contributed by atoms with van der Waals surface area (Å²) < 4.78 is 10.3. The van der Waals surface area contributed by atoms with Crippen LogP contribution >= 0.6 is 0 Å². The lowest BCUT2D eigenvalue weighted by atomic mass is 10.1. The molecule has 1 aromatic rings. The van der Waals surface area contributed by atoms with Crippen LogP contribution in [0.2, 0.25) is 0 Å². The van der Waals surface area contributed by atoms with Crippen molar-refractivity contribution in [3.63, 3.8) is 0 Å². The minimum atomic E-state index is -1.21. The highest BCUT2D eigenvalue weighted by Crippen LogP contribution is 2.24. The summed E-state index contributed by atoms with van der Waals surface area (Å²) in [6.45, 7) is 8.14. The summed E-state index contributed by atoms with van der Waals surface area (Å²) in [6, 6.07) is 7.84. The molecule has 0 spiro atoms. The van der Waals surface area contributed by atoms with E-state index >= 15 is 0 Å². The molecular formula is C19H24N2O4. The van der Waals surface area contributed by atoms with E-state index in [4.69, 9.17) is 9.47 Å². The molecule has 0 atom stereocenters. The van der Waals surface area contributed by atoms with Crippen molar-refractivity contribution in [3.05, 3.63) is 41.0 Å². The fourth-order valence-corrected chi connectivity index (χ4v) is 2.99. The van der Waals surface area contributed by atoms with Crippen molar-refractivity contribution in [2.75, 3.05) is 33.2 Å². The SMILES string of the molecule is CN1CCN(Cc2cccc(C=C3C(=O)OC(C)(C)OC3=O)c2)CC1. The number of hydrogen-bond acceptors (Lipinski definition) is 6. The maximum Gasteiger partial charge on any atom is 0.348 e. The summed E-state index contributed by atoms with van der Waals surface area (Å²) in [5.74, 6) is -2.51. The van der Waals surface area contributed by atoms with Crippen molar-refractivity contribution < 1.29 is 19.1 Å². The summed E-state index contributed by atoms with van der Waals surface area (Å²) in [4.78, 5) is 28.8. The van der Waals surface area contributed by atoms with Gasteiger partial charge in [-0.1, -0.05) is 24.3 Å². The van der Waals surface area contributed by atoms with Gasteiger partial charge in [0.15, 0.2) is 0 Å². The number of cyclic esters (lactones) is 2. The van der Waals surface area contributed by atoms with Crippen LogP contribution in [0.3, 0.4) is 0 Å². The van der Waals surface area contributed by atoms with E-state index in [1.54, 1.807) is 0 Å². The number of ether oxygens (including phenoxy) is 2. The van der Waals surface area contributed by atoms with Crippen molar-refractivity contribution in [2.24, 2.45) is 0 Å². The second kappa shape index (κ2) is 6.98. The maximum absolute atomic E-state index is 12.1. The summed E-state index contributed by atoms with van der Waals surface area (Å²) in [7, 11) is 2.13. The molecule has 0 amide bonds. The smallest absolute Gasteiger partial charge is 0.348 e. The summed E-state index contributed by atoms with van der Waals surface area (Å²) in [5, 5.41) is 0. The molecule has 2 aliphatic heterocycles. The zero-order chi connectivity index (χ0) is 18.0. The van der Waals surface area contributed by atoms with Gasteiger partial charge >= 0.3 is 11.9 Å². The van der Waals surface area contributed by atoms with Gasteiger partial charge in [-0.3, -0.25) is 4.90 Å². The van der Waals surface area contributed by atoms with Gasteiger partial charge in [-0.2, -0.15) is 0 Å². The third kappa shape index (κ3) is 4.46. The van der Waals surface area contributed by atoms with Crippen LogP contribution in [0.5, 0.6) is 0 Å². The first kappa shape index (κ1) is 17.6. The van der Waals surface area contributed by atoms with Crippen molar-refractivity contribution in [1.29, 1.82) is 0 Å². The first-order valence-corrected chi connectivity index (χ1v) is 8.51. The predicted molar refractivity (Wildman–Crippen MR) is 93.5 cm³/mol. The Morgan fingerprint density at radius 2 is 1.72 bits per heavy atom. The number of likely N-dealkylation sites (N-methyl/N-ethyl adjacent to an activating group) is 1. The Hall–Kier alpha value is -2.18. The molecule has 3 rings (SSSR count). The molecule has 0 radical (unpaired) electrons. The summed E-state index contributed by atoms with van der Waals surface area (Å²) in [6.07, 6.45) is 1.54. The number of carbonyl (C=O) groups excluding carboxylic acids is 2. The van der Waals surface area contributed by atoms with E-state index in [9.17, 15) is 9.59 Å². The molecule has 0 aliphatic carbocycles. The molecule has 0 aromatic heterocycles. The highest BCUT2D eigenvalue weighted by Gasteiger charge is 2.38. The normalized spacial score (nSPS) is 21.6. The molecular weight excluding hydrogens is 320 g/mol. The van der Waals surface area contributed by atoms with E-state index in [0.717, 1.165) is 43.9 Å². The Labute approximate surface area is 148 Å². The number of nitrogens with zero attached hydrogens (tertiary/aromatic N) is 2. The first-order chi connectivity index (χ1) is 11.8. The zero-order valence-electron chi connectivity index (χ0n) is 14.9. The molecule has 2 fully saturated rings. The highest BCUT2D eigenvalue weighted by molar-refractivity contribution is 6.18. The fraction of sp³-hybridized carbons (Fsp3) is 0.474. The molecule has 2 saturated heterocycles. The number of carbonyl (C=O) groups is 2. The minimum absolute atomic E-state index is 0.0731. The number of hydrogen-bond donors (Lipinski definition) is 0. The average Bonchev–Trinajstić information content (AvgIpc) is 2.53. The van der Waals surface area contributed by atoms with Gasteiger partial charge in [0, 0.05) is 46.6 Å². The molecule has 6 nitrogen and oxygen atoms in total. The first-order valence-electron chi connectivity index (χ1n) is 8.51. The molecule has 0 saturated carbocycles. The van der Waals surface area contributed by atoms with Gasteiger partial charge in [0.1, 0.15) is 5.57 Å². The second-order valence-electron chi connectivity index (χ2n) is 7.06. The lowest BCUT2D eigenvalue weighted by Gasteiger charge is -2.32. The topological polar surface area (TPSA) is 59.1 Å². The van der Waals surface area contributed by atoms with Crippen LogP contribution in [-0.4, -0.2) is 60.8 Å². The van der Waals surface area contributed by atoms with Gasteiger partial charge in [0.05, 0.1) is 0 Å². The largest absolute Gasteiger partial charge is 0.419 e. The van der Waals surface area contributed by atoms with Gasteiger partial charge in [-0.15, -0.1) is 0 Å². The summed E-state index contributed by atoms with van der Waals surface area (Å²) >= 11 is 0. The third-order valence-corrected chi connectivity index (χ3v) is 4.38. The molecule has 2 heterocycles. The lowest BCUT2D eigenvalue weighted by molar-refractivity contribution is -0.222. The van der Waals surface area contributed by atoms with E-state index in [1.165, 1.54) is 19.9 Å². The average molecular weight is 344 g/mol. The van der Waals surface area contributed by atoms with Crippen molar-refractivity contribution in [2.45, 2.75) is 26.2 Å². The summed E-state index contributed by atoms with van der Waals surface area (Å²) in [5.41, 5.74) is 1.86. The van der Waals surface area contributed by atoms with E-state index < -0.39 is 17.7 Å². The Balaban J connectivity index is 1.73. The minimum Gasteiger partial charge on any atom is -0.419 e. The van der Waals surface area contributed by atoms with Gasteiger partial charge in [0.2, 0.25) is 0 Å². The van der Waals surface area contributed by atoms with Gasteiger partial charge in [-0.05, 0) is 24.3 Å². The molecule has 0 N–H and O–H groups in total. The molecule has 1 aromatic carbocycles. The van der Waals surface area contributed by atoms with Gasteiger partial charge in [0.25, 0.3) is 5.79 Å². The Bertz CT molecular complexity index is 681. The Morgan fingerprint density at radius 1 is 1.08 bits per heavy atom. The van der Waals surface area contributed by atoms with E-state index in [0.29, 0.717) is 0 Å². The highest BCUT2D eigenvalue weighted by atomic mass is 16.7. The molecule has 134 valence electrons. The van der Waals surface area contributed by atoms with Crippen LogP contribution in [-0.2, 0) is 25.6 Å². The Morgan fingerprint density at radius 3 is 2.36 bits per heavy atom. The number of benzene rings is 1. The maximum atomic E-state index is 12.1. The third-order valence-electron chi connectivity index (χ3n) is 4.38. The van der Waals surface area contributed by atoms with E-state index in [-0.39, 0.29) is 5.57 Å². The van der Waals surface area contributed by atoms with Crippen LogP contribution in [0.25, 0.3) is 6.08 Å². The van der Waals surface area contributed by atoms with Crippen LogP contribution in [0.4, 0.5) is 0 Å². The second-order valence-corrected chi connectivity index (χ2v) is 7.06. The predicted octanol–water partition coefficient (Wildman–Crippen LogP) is 1.65. The Kier molecular flexibility index (Phi) is 4.92. The van der Waals surface area contributed by atoms with E-state index in [1.807, 2.05) is 18.2 Å². The van der Waals surface area contributed by atoms with Crippen molar-refractivity contribution in [3.8, 4) is 0 Å². The molecule has 2 aliphatic rings. The standard InChI is InChI=1S/C19H24N2O4/c1-19(2)24-17(22)16(18(23)25-19)12-14-5-4-6-15(11-14)13-21-9-7-20(3)8-10-21/h4-6,11-12H,7-10,13H2,1-3H3. The van der Waals surface area contributed by atoms with Crippen LogP contribution < -0.4 is 0 Å². The van der Waals surface area contributed by atoms with Crippen LogP contribution in [0.15, 0.2) is 29.8 Å². The number of esters is 2. The monoisotopic (exact) mass is 344 g/mol. The number of rotatable bonds is 3. The van der Waals surface area contributed by atoms with Crippen molar-refractivity contribution in [1.82, 2.24) is 9.80 Å². The van der Waals surface area contributed by atoms with Crippen molar-refractivity contribution >= 4 is 18.0 Å². The van der Waals surface area contributed by atoms with Gasteiger partial charge in [-0.25, -0.2) is 9.59 Å². The van der Waals surface area contributed by atoms with Crippen LogP contribution in [0, 0.1) is 0 Å². The molecule has 0 bridgehead atoms. The lowest BCUT2D eigenvalue weighted by Crippen LogP contribution is -2.43. The molecule has 0 unspecified atom stereocenters. The molecule has 25 heavy (non-hydrogen) atoms. The zero-order valence-corrected chi connectivity index (χ0v) is 14.9. The quantitative estimate of drug-likeness (QED) is 0.472. The van der Waals surface area contributed by atoms with E-state index in [2.05, 4.69) is 22.9 Å². The number of piperazine rings is 1. The van der Waals surface area contributed by atoms with Crippen LogP contribution in [0.1, 0.15) is 25.0 Å². The molecule has 6 heteroatoms. The fourth-order valence-electron chi connectivity index (χ4n) is 2.99. The van der Waals surface area contributed by atoms with Gasteiger partial charge < -0.3 is 14.4 Å².